The minimum Gasteiger partial charge on any atom is -0.342 e. The van der Waals surface area contributed by atoms with Gasteiger partial charge in [0.2, 0.25) is 5.91 Å². The van der Waals surface area contributed by atoms with Gasteiger partial charge in [-0.3, -0.25) is 4.79 Å². The molecule has 2 heterocycles. The molecular weight excluding hydrogens is 397 g/mol. The summed E-state index contributed by atoms with van der Waals surface area (Å²) in [6.45, 7) is 0.637. The van der Waals surface area contributed by atoms with Crippen molar-refractivity contribution in [2.75, 3.05) is 18.8 Å². The molecule has 0 saturated carbocycles. The van der Waals surface area contributed by atoms with Crippen LogP contribution in [0, 0.1) is 5.82 Å². The van der Waals surface area contributed by atoms with E-state index in [1.54, 1.807) is 11.0 Å². The van der Waals surface area contributed by atoms with Gasteiger partial charge in [0.05, 0.1) is 16.0 Å². The van der Waals surface area contributed by atoms with Crippen LogP contribution in [0.25, 0.3) is 0 Å². The van der Waals surface area contributed by atoms with Gasteiger partial charge in [0.15, 0.2) is 9.84 Å². The SMILES string of the molecule is O=C(CCc1ccc(F)c(Cl)c1)N1CC[C@H](c2cccs2)S(=O)(=O)CC1. The van der Waals surface area contributed by atoms with Crippen molar-refractivity contribution in [2.45, 2.75) is 24.5 Å². The molecule has 8 heteroatoms. The van der Waals surface area contributed by atoms with Crippen molar-refractivity contribution in [2.24, 2.45) is 0 Å². The summed E-state index contributed by atoms with van der Waals surface area (Å²) in [6.07, 6.45) is 1.10. The summed E-state index contributed by atoms with van der Waals surface area (Å²) in [6, 6.07) is 8.09. The molecule has 1 amide bonds. The van der Waals surface area contributed by atoms with Gasteiger partial charge in [0.1, 0.15) is 5.82 Å². The number of aryl methyl sites for hydroxylation is 1. The number of hydrogen-bond acceptors (Lipinski definition) is 4. The number of carbonyl (C=O) groups excluding carboxylic acids is 1. The summed E-state index contributed by atoms with van der Waals surface area (Å²) in [7, 11) is -3.27. The average Bonchev–Trinajstić information content (AvgIpc) is 3.07. The Morgan fingerprint density at radius 1 is 1.31 bits per heavy atom. The van der Waals surface area contributed by atoms with E-state index in [9.17, 15) is 17.6 Å². The molecule has 0 radical (unpaired) electrons. The number of nitrogens with zero attached hydrogens (tertiary/aromatic N) is 1. The van der Waals surface area contributed by atoms with Gasteiger partial charge in [-0.25, -0.2) is 12.8 Å². The first-order chi connectivity index (χ1) is 12.4. The molecule has 1 atom stereocenters. The molecule has 26 heavy (non-hydrogen) atoms. The number of thiophene rings is 1. The zero-order chi connectivity index (χ0) is 18.7. The van der Waals surface area contributed by atoms with Crippen LogP contribution in [0.2, 0.25) is 5.02 Å². The maximum atomic E-state index is 13.2. The highest BCUT2D eigenvalue weighted by Crippen LogP contribution is 2.32. The maximum Gasteiger partial charge on any atom is 0.222 e. The standard InChI is InChI=1S/C18H19ClFNO3S2/c19-14-12-13(3-5-15(14)20)4-6-18(22)21-8-7-17(16-2-1-10-25-16)26(23,24)11-9-21/h1-3,5,10,12,17H,4,6-9,11H2/t17-/m1/s1. The van der Waals surface area contributed by atoms with Crippen molar-refractivity contribution in [3.8, 4) is 0 Å². The fourth-order valence-corrected chi connectivity index (χ4v) is 6.30. The van der Waals surface area contributed by atoms with Crippen LogP contribution in [-0.2, 0) is 21.1 Å². The second-order valence-corrected chi connectivity index (χ2v) is 9.98. The van der Waals surface area contributed by atoms with Crippen molar-refractivity contribution < 1.29 is 17.6 Å². The van der Waals surface area contributed by atoms with E-state index >= 15 is 0 Å². The van der Waals surface area contributed by atoms with Crippen LogP contribution >= 0.6 is 22.9 Å². The van der Waals surface area contributed by atoms with Gasteiger partial charge in [-0.2, -0.15) is 0 Å². The molecule has 1 saturated heterocycles. The molecule has 0 spiro atoms. The number of carbonyl (C=O) groups is 1. The Morgan fingerprint density at radius 2 is 2.12 bits per heavy atom. The molecule has 0 bridgehead atoms. The molecular formula is C18H19ClFNO3S2. The predicted octanol–water partition coefficient (Wildman–Crippen LogP) is 3.86. The number of hydrogen-bond donors (Lipinski definition) is 0. The van der Waals surface area contributed by atoms with E-state index in [1.165, 1.54) is 23.5 Å². The van der Waals surface area contributed by atoms with Gasteiger partial charge in [-0.15, -0.1) is 11.3 Å². The topological polar surface area (TPSA) is 54.5 Å². The van der Waals surface area contributed by atoms with E-state index in [-0.39, 0.29) is 29.6 Å². The van der Waals surface area contributed by atoms with E-state index in [1.807, 2.05) is 17.5 Å². The fourth-order valence-electron chi connectivity index (χ4n) is 3.09. The van der Waals surface area contributed by atoms with Crippen molar-refractivity contribution in [3.63, 3.8) is 0 Å². The Morgan fingerprint density at radius 3 is 2.81 bits per heavy atom. The van der Waals surface area contributed by atoms with Crippen molar-refractivity contribution in [1.82, 2.24) is 4.90 Å². The summed E-state index contributed by atoms with van der Waals surface area (Å²) < 4.78 is 38.3. The number of benzene rings is 1. The lowest BCUT2D eigenvalue weighted by atomic mass is 10.1. The Labute approximate surface area is 161 Å². The van der Waals surface area contributed by atoms with Crippen molar-refractivity contribution in [1.29, 1.82) is 0 Å². The minimum absolute atomic E-state index is 0.0241. The maximum absolute atomic E-state index is 13.2. The average molecular weight is 416 g/mol. The van der Waals surface area contributed by atoms with E-state index < -0.39 is 20.9 Å². The summed E-state index contributed by atoms with van der Waals surface area (Å²) in [5.41, 5.74) is 0.781. The van der Waals surface area contributed by atoms with E-state index in [4.69, 9.17) is 11.6 Å². The minimum atomic E-state index is -3.27. The summed E-state index contributed by atoms with van der Waals surface area (Å²) in [5.74, 6) is -0.601. The van der Waals surface area contributed by atoms with Crippen molar-refractivity contribution in [3.05, 3.63) is 57.0 Å². The van der Waals surface area contributed by atoms with Gasteiger partial charge < -0.3 is 4.90 Å². The highest BCUT2D eigenvalue weighted by Gasteiger charge is 2.33. The second-order valence-electron chi connectivity index (χ2n) is 6.29. The molecule has 140 valence electrons. The largest absolute Gasteiger partial charge is 0.342 e. The third-order valence-electron chi connectivity index (χ3n) is 4.57. The van der Waals surface area contributed by atoms with Gasteiger partial charge in [-0.05, 0) is 42.0 Å². The molecule has 1 fully saturated rings. The van der Waals surface area contributed by atoms with Gasteiger partial charge >= 0.3 is 0 Å². The van der Waals surface area contributed by atoms with Crippen molar-refractivity contribution >= 4 is 38.7 Å². The van der Waals surface area contributed by atoms with Crippen LogP contribution in [0.1, 0.15) is 28.5 Å². The Kier molecular flexibility index (Phi) is 5.99. The number of rotatable bonds is 4. The molecule has 0 unspecified atom stereocenters. The van der Waals surface area contributed by atoms with Crippen LogP contribution in [0.3, 0.4) is 0 Å². The first-order valence-electron chi connectivity index (χ1n) is 8.33. The third-order valence-corrected chi connectivity index (χ3v) is 8.10. The molecule has 2 aromatic rings. The quantitative estimate of drug-likeness (QED) is 0.761. The smallest absolute Gasteiger partial charge is 0.222 e. The molecule has 1 aromatic heterocycles. The summed E-state index contributed by atoms with van der Waals surface area (Å²) in [5, 5.41) is 1.37. The molecule has 0 N–H and O–H groups in total. The van der Waals surface area contributed by atoms with Crippen LogP contribution < -0.4 is 0 Å². The summed E-state index contributed by atoms with van der Waals surface area (Å²) >= 11 is 7.19. The van der Waals surface area contributed by atoms with Gasteiger partial charge in [0, 0.05) is 24.4 Å². The highest BCUT2D eigenvalue weighted by molar-refractivity contribution is 7.91. The van der Waals surface area contributed by atoms with E-state index in [0.717, 1.165) is 10.4 Å². The monoisotopic (exact) mass is 415 g/mol. The predicted molar refractivity (Wildman–Crippen MR) is 102 cm³/mol. The fraction of sp³-hybridized carbons (Fsp3) is 0.389. The van der Waals surface area contributed by atoms with Gasteiger partial charge in [0.25, 0.3) is 0 Å². The molecule has 3 rings (SSSR count). The highest BCUT2D eigenvalue weighted by atomic mass is 35.5. The van der Waals surface area contributed by atoms with Crippen LogP contribution in [0.15, 0.2) is 35.7 Å². The Balaban J connectivity index is 1.63. The first kappa shape index (κ1) is 19.3. The Hall–Kier alpha value is -1.44. The molecule has 1 aliphatic rings. The lowest BCUT2D eigenvalue weighted by molar-refractivity contribution is -0.130. The van der Waals surface area contributed by atoms with Gasteiger partial charge in [-0.1, -0.05) is 23.7 Å². The number of halogens is 2. The number of sulfone groups is 1. The molecule has 4 nitrogen and oxygen atoms in total. The molecule has 0 aliphatic carbocycles. The summed E-state index contributed by atoms with van der Waals surface area (Å²) in [4.78, 5) is 15.0. The zero-order valence-corrected chi connectivity index (χ0v) is 16.4. The zero-order valence-electron chi connectivity index (χ0n) is 14.0. The second kappa shape index (κ2) is 8.06. The van der Waals surface area contributed by atoms with E-state index in [2.05, 4.69) is 0 Å². The van der Waals surface area contributed by atoms with Crippen LogP contribution in [0.4, 0.5) is 4.39 Å². The van der Waals surface area contributed by atoms with Crippen LogP contribution in [0.5, 0.6) is 0 Å². The third kappa shape index (κ3) is 4.45. The lowest BCUT2D eigenvalue weighted by Gasteiger charge is -2.20. The number of amides is 1. The van der Waals surface area contributed by atoms with Crippen LogP contribution in [-0.4, -0.2) is 38.1 Å². The lowest BCUT2D eigenvalue weighted by Crippen LogP contribution is -2.33. The first-order valence-corrected chi connectivity index (χ1v) is 11.3. The Bertz CT molecular complexity index is 884. The molecule has 1 aliphatic heterocycles. The van der Waals surface area contributed by atoms with E-state index in [0.29, 0.717) is 19.4 Å². The molecule has 1 aromatic carbocycles. The normalized spacial score (nSPS) is 19.9.